The van der Waals surface area contributed by atoms with Gasteiger partial charge in [-0.3, -0.25) is 0 Å². The zero-order chi connectivity index (χ0) is 6.95. The normalized spacial score (nSPS) is 9.00. The predicted octanol–water partition coefficient (Wildman–Crippen LogP) is 1.26. The van der Waals surface area contributed by atoms with Gasteiger partial charge in [0.1, 0.15) is 0 Å². The average molecular weight is 220 g/mol. The van der Waals surface area contributed by atoms with E-state index in [9.17, 15) is 0 Å². The number of hydrogen-bond donors (Lipinski definition) is 0. The third kappa shape index (κ3) is 11.8. The largest absolute Gasteiger partial charge is 0.411 e. The molecule has 0 rings (SSSR count). The first-order valence-corrected chi connectivity index (χ1v) is 3.36. The SMILES string of the molecule is [CH2-]COCCOCCC.[Y]. The predicted molar refractivity (Wildman–Crippen MR) is 37.3 cm³/mol. The number of rotatable bonds is 6. The van der Waals surface area contributed by atoms with E-state index < -0.39 is 0 Å². The van der Waals surface area contributed by atoms with Crippen molar-refractivity contribution in [2.45, 2.75) is 13.3 Å². The second-order valence-corrected chi connectivity index (χ2v) is 1.72. The minimum Gasteiger partial charge on any atom is -0.411 e. The fourth-order valence-corrected chi connectivity index (χ4v) is 0.466. The third-order valence-corrected chi connectivity index (χ3v) is 0.865. The maximum atomic E-state index is 5.13. The van der Waals surface area contributed by atoms with Crippen molar-refractivity contribution in [1.29, 1.82) is 0 Å². The molecule has 0 atom stereocenters. The van der Waals surface area contributed by atoms with Crippen molar-refractivity contribution in [2.75, 3.05) is 26.4 Å². The fourth-order valence-electron chi connectivity index (χ4n) is 0.466. The van der Waals surface area contributed by atoms with Crippen molar-refractivity contribution < 1.29 is 42.2 Å². The molecule has 0 heterocycles. The van der Waals surface area contributed by atoms with Gasteiger partial charge in [0.05, 0.1) is 13.2 Å². The van der Waals surface area contributed by atoms with Crippen LogP contribution in [0.3, 0.4) is 0 Å². The third-order valence-electron chi connectivity index (χ3n) is 0.865. The molecule has 0 unspecified atom stereocenters. The van der Waals surface area contributed by atoms with Crippen LogP contribution in [0.5, 0.6) is 0 Å². The van der Waals surface area contributed by atoms with E-state index in [2.05, 4.69) is 13.8 Å². The van der Waals surface area contributed by atoms with Crippen molar-refractivity contribution in [1.82, 2.24) is 0 Å². The van der Waals surface area contributed by atoms with Crippen LogP contribution >= 0.6 is 0 Å². The van der Waals surface area contributed by atoms with Gasteiger partial charge in [-0.25, -0.2) is 0 Å². The summed E-state index contributed by atoms with van der Waals surface area (Å²) in [5, 5.41) is 0. The van der Waals surface area contributed by atoms with Crippen molar-refractivity contribution >= 4 is 0 Å². The van der Waals surface area contributed by atoms with E-state index in [1.807, 2.05) is 0 Å². The topological polar surface area (TPSA) is 18.5 Å². The van der Waals surface area contributed by atoms with Gasteiger partial charge in [0, 0.05) is 39.3 Å². The van der Waals surface area contributed by atoms with Crippen LogP contribution in [0.4, 0.5) is 0 Å². The van der Waals surface area contributed by atoms with E-state index in [0.717, 1.165) is 13.0 Å². The molecule has 0 amide bonds. The molecule has 10 heavy (non-hydrogen) atoms. The molecule has 0 aliphatic heterocycles. The van der Waals surface area contributed by atoms with Crippen LogP contribution < -0.4 is 0 Å². The van der Waals surface area contributed by atoms with Gasteiger partial charge in [-0.2, -0.15) is 0 Å². The molecule has 2 nitrogen and oxygen atoms in total. The summed E-state index contributed by atoms with van der Waals surface area (Å²) in [5.74, 6) is 0. The first-order valence-electron chi connectivity index (χ1n) is 3.36. The smallest absolute Gasteiger partial charge is 0.0699 e. The first-order chi connectivity index (χ1) is 4.41. The molecule has 0 fully saturated rings. The molecule has 0 aromatic carbocycles. The maximum Gasteiger partial charge on any atom is 0.0699 e. The maximum absolute atomic E-state index is 5.13. The Morgan fingerprint density at radius 2 is 1.70 bits per heavy atom. The second-order valence-electron chi connectivity index (χ2n) is 1.72. The first kappa shape index (κ1) is 13.6. The minimum atomic E-state index is 0. The summed E-state index contributed by atoms with van der Waals surface area (Å²) < 4.78 is 10.1. The van der Waals surface area contributed by atoms with Gasteiger partial charge in [0.2, 0.25) is 0 Å². The van der Waals surface area contributed by atoms with Crippen LogP contribution in [0, 0.1) is 6.92 Å². The monoisotopic (exact) mass is 220 g/mol. The molecular formula is C7H15O2Y-. The van der Waals surface area contributed by atoms with E-state index >= 15 is 0 Å². The summed E-state index contributed by atoms with van der Waals surface area (Å²) in [7, 11) is 0. The summed E-state index contributed by atoms with van der Waals surface area (Å²) in [4.78, 5) is 0. The van der Waals surface area contributed by atoms with Crippen molar-refractivity contribution in [2.24, 2.45) is 0 Å². The molecule has 0 aromatic heterocycles. The van der Waals surface area contributed by atoms with Gasteiger partial charge in [0.15, 0.2) is 0 Å². The molecule has 0 bridgehead atoms. The zero-order valence-electron chi connectivity index (χ0n) is 6.64. The van der Waals surface area contributed by atoms with E-state index in [1.54, 1.807) is 0 Å². The van der Waals surface area contributed by atoms with E-state index in [-0.39, 0.29) is 32.7 Å². The number of ether oxygens (including phenoxy) is 2. The van der Waals surface area contributed by atoms with Gasteiger partial charge >= 0.3 is 0 Å². The average Bonchev–Trinajstić information content (AvgIpc) is 1.89. The summed E-state index contributed by atoms with van der Waals surface area (Å²) in [6.45, 7) is 8.35. The summed E-state index contributed by atoms with van der Waals surface area (Å²) >= 11 is 0. The Labute approximate surface area is 88.5 Å². The molecule has 0 aliphatic rings. The Morgan fingerprint density at radius 3 is 2.20 bits per heavy atom. The van der Waals surface area contributed by atoms with Gasteiger partial charge in [-0.1, -0.05) is 13.5 Å². The molecule has 0 aromatic rings. The van der Waals surface area contributed by atoms with Crippen LogP contribution in [0.25, 0.3) is 0 Å². The molecule has 0 saturated heterocycles. The Bertz CT molecular complexity index is 44.9. The van der Waals surface area contributed by atoms with Crippen LogP contribution in [-0.4, -0.2) is 26.4 Å². The molecule has 0 spiro atoms. The molecule has 0 N–H and O–H groups in total. The minimum absolute atomic E-state index is 0. The van der Waals surface area contributed by atoms with Gasteiger partial charge < -0.3 is 16.4 Å². The molecule has 59 valence electrons. The second kappa shape index (κ2) is 12.7. The number of hydrogen-bond acceptors (Lipinski definition) is 2. The Hall–Kier alpha value is 1.02. The molecule has 3 heteroatoms. The summed E-state index contributed by atoms with van der Waals surface area (Å²) in [6, 6.07) is 0. The van der Waals surface area contributed by atoms with Crippen molar-refractivity contribution in [3.63, 3.8) is 0 Å². The summed E-state index contributed by atoms with van der Waals surface area (Å²) in [5.41, 5.74) is 0. The Morgan fingerprint density at radius 1 is 1.10 bits per heavy atom. The van der Waals surface area contributed by atoms with Gasteiger partial charge in [-0.05, 0) is 6.42 Å². The Kier molecular flexibility index (Phi) is 17.2. The quantitative estimate of drug-likeness (QED) is 0.495. The van der Waals surface area contributed by atoms with E-state index in [1.165, 1.54) is 0 Å². The molecule has 0 saturated carbocycles. The van der Waals surface area contributed by atoms with Crippen LogP contribution in [0.2, 0.25) is 0 Å². The summed E-state index contributed by atoms with van der Waals surface area (Å²) in [6.07, 6.45) is 1.07. The van der Waals surface area contributed by atoms with Crippen LogP contribution in [0.15, 0.2) is 0 Å². The molecular weight excluding hydrogens is 205 g/mol. The van der Waals surface area contributed by atoms with Gasteiger partial charge in [0.25, 0.3) is 0 Å². The van der Waals surface area contributed by atoms with Crippen LogP contribution in [-0.2, 0) is 42.2 Å². The fraction of sp³-hybridized carbons (Fsp3) is 0.857. The van der Waals surface area contributed by atoms with Crippen LogP contribution in [0.1, 0.15) is 13.3 Å². The standard InChI is InChI=1S/C7H15O2.Y/c1-3-5-9-7-6-8-4-2;/h2-7H2,1H3;/q-1;. The zero-order valence-corrected chi connectivity index (χ0v) is 9.47. The molecule has 0 aliphatic carbocycles. The van der Waals surface area contributed by atoms with Gasteiger partial charge in [-0.15, -0.1) is 0 Å². The Balaban J connectivity index is 0. The van der Waals surface area contributed by atoms with Crippen molar-refractivity contribution in [3.8, 4) is 0 Å². The van der Waals surface area contributed by atoms with Crippen molar-refractivity contribution in [3.05, 3.63) is 6.92 Å². The van der Waals surface area contributed by atoms with E-state index in [0.29, 0.717) is 19.8 Å². The van der Waals surface area contributed by atoms with E-state index in [4.69, 9.17) is 9.47 Å². The molecule has 1 radical (unpaired) electrons.